The van der Waals surface area contributed by atoms with Crippen LogP contribution in [0.3, 0.4) is 0 Å². The summed E-state index contributed by atoms with van der Waals surface area (Å²) in [6.07, 6.45) is -7.87. The molecule has 12 nitrogen and oxygen atoms in total. The summed E-state index contributed by atoms with van der Waals surface area (Å²) >= 11 is 0. The summed E-state index contributed by atoms with van der Waals surface area (Å²) in [5.74, 6) is 0.0462. The van der Waals surface area contributed by atoms with E-state index in [2.05, 4.69) is 0 Å². The number of ether oxygens (including phenoxy) is 5. The maximum atomic E-state index is 11.4. The zero-order chi connectivity index (χ0) is 27.6. The fraction of sp³-hybridized carbons (Fsp3) is 0.538. The second-order valence-corrected chi connectivity index (χ2v) is 9.57. The summed E-state index contributed by atoms with van der Waals surface area (Å²) < 4.78 is 27.7. The lowest BCUT2D eigenvalue weighted by Crippen LogP contribution is -2.60. The Morgan fingerprint density at radius 3 is 2.34 bits per heavy atom. The van der Waals surface area contributed by atoms with E-state index in [0.29, 0.717) is 16.9 Å². The number of rotatable bonds is 9. The van der Waals surface area contributed by atoms with Crippen LogP contribution in [0.5, 0.6) is 23.0 Å². The van der Waals surface area contributed by atoms with Crippen LogP contribution < -0.4 is 14.2 Å². The second kappa shape index (κ2) is 11.6. The van der Waals surface area contributed by atoms with Crippen LogP contribution in [0.15, 0.2) is 36.4 Å². The smallest absolute Gasteiger partial charge is 0.229 e. The molecule has 210 valence electrons. The average Bonchev–Trinajstić information content (AvgIpc) is 3.24. The van der Waals surface area contributed by atoms with Crippen LogP contribution in [-0.4, -0.2) is 106 Å². The number of hydrogen-bond donors (Lipinski definition) is 7. The summed E-state index contributed by atoms with van der Waals surface area (Å²) in [6.45, 7) is -1.06. The van der Waals surface area contributed by atoms with Crippen molar-refractivity contribution in [2.75, 3.05) is 34.0 Å². The minimum atomic E-state index is -1.60. The van der Waals surface area contributed by atoms with Crippen LogP contribution in [-0.2, 0) is 15.9 Å². The molecule has 2 fully saturated rings. The van der Waals surface area contributed by atoms with Gasteiger partial charge in [-0.3, -0.25) is 0 Å². The van der Waals surface area contributed by atoms with E-state index in [1.807, 2.05) is 0 Å². The average molecular weight is 539 g/mol. The molecule has 0 unspecified atom stereocenters. The Morgan fingerprint density at radius 2 is 1.68 bits per heavy atom. The Morgan fingerprint density at radius 1 is 0.921 bits per heavy atom. The van der Waals surface area contributed by atoms with Crippen LogP contribution >= 0.6 is 0 Å². The SMILES string of the molecule is COc1cc(O)cc(C[C@@]2(O)CO[C@H](c3ccc(O[C@@H]4O[C@H](CO)[C@@H](O)[C@H](O)[C@H]4O)c(OC)c3)[C@H]2CO)c1. The van der Waals surface area contributed by atoms with E-state index < -0.39 is 54.9 Å². The van der Waals surface area contributed by atoms with Gasteiger partial charge >= 0.3 is 0 Å². The van der Waals surface area contributed by atoms with E-state index >= 15 is 0 Å². The lowest BCUT2D eigenvalue weighted by Gasteiger charge is -2.39. The maximum Gasteiger partial charge on any atom is 0.229 e. The van der Waals surface area contributed by atoms with Crippen molar-refractivity contribution in [3.8, 4) is 23.0 Å². The Kier molecular flexibility index (Phi) is 8.65. The van der Waals surface area contributed by atoms with Gasteiger partial charge in [0.05, 0.1) is 45.7 Å². The molecule has 8 atom stereocenters. The third kappa shape index (κ3) is 5.53. The number of benzene rings is 2. The third-order valence-electron chi connectivity index (χ3n) is 7.07. The van der Waals surface area contributed by atoms with Gasteiger partial charge in [-0.15, -0.1) is 0 Å². The topological polar surface area (TPSA) is 188 Å². The van der Waals surface area contributed by atoms with E-state index in [-0.39, 0.29) is 36.9 Å². The molecule has 2 aromatic rings. The van der Waals surface area contributed by atoms with Crippen LogP contribution in [0.4, 0.5) is 0 Å². The van der Waals surface area contributed by atoms with E-state index in [1.165, 1.54) is 32.4 Å². The Hall–Kier alpha value is -2.68. The van der Waals surface area contributed by atoms with Crippen LogP contribution in [0, 0.1) is 5.92 Å². The Balaban J connectivity index is 1.54. The number of aromatic hydroxyl groups is 1. The second-order valence-electron chi connectivity index (χ2n) is 9.57. The van der Waals surface area contributed by atoms with Gasteiger partial charge in [-0.25, -0.2) is 0 Å². The van der Waals surface area contributed by atoms with Gasteiger partial charge < -0.3 is 59.4 Å². The van der Waals surface area contributed by atoms with Gasteiger partial charge in [-0.1, -0.05) is 6.07 Å². The molecule has 0 radical (unpaired) electrons. The molecule has 7 N–H and O–H groups in total. The molecule has 0 aliphatic carbocycles. The number of hydrogen-bond acceptors (Lipinski definition) is 12. The first-order chi connectivity index (χ1) is 18.1. The Bertz CT molecular complexity index is 1090. The zero-order valence-corrected chi connectivity index (χ0v) is 21.0. The van der Waals surface area contributed by atoms with Crippen molar-refractivity contribution in [3.63, 3.8) is 0 Å². The standard InChI is InChI=1S/C26H34O12/c1-34-16-6-13(5-15(29)8-16)9-26(33)12-36-24(17(26)10-27)14-3-4-18(19(7-14)35-2)37-25-23(32)22(31)21(30)20(11-28)38-25/h3-8,17,20-25,27-33H,9-12H2,1-2H3/t17-,20-,21-,22+,23-,24-,25-,26-/m1/s1. The van der Waals surface area contributed by atoms with Crippen molar-refractivity contribution in [3.05, 3.63) is 47.5 Å². The zero-order valence-electron chi connectivity index (χ0n) is 21.0. The fourth-order valence-electron chi connectivity index (χ4n) is 4.98. The summed E-state index contributed by atoms with van der Waals surface area (Å²) in [7, 11) is 2.86. The molecule has 2 aromatic carbocycles. The summed E-state index contributed by atoms with van der Waals surface area (Å²) in [6, 6.07) is 9.40. The number of aliphatic hydroxyl groups excluding tert-OH is 5. The monoisotopic (exact) mass is 538 g/mol. The van der Waals surface area contributed by atoms with E-state index in [0.717, 1.165) is 0 Å². The predicted octanol–water partition coefficient (Wildman–Crippen LogP) is -0.758. The lowest BCUT2D eigenvalue weighted by atomic mass is 9.80. The minimum Gasteiger partial charge on any atom is -0.508 e. The highest BCUT2D eigenvalue weighted by Gasteiger charge is 2.49. The minimum absolute atomic E-state index is 0.0151. The van der Waals surface area contributed by atoms with E-state index in [4.69, 9.17) is 23.7 Å². The van der Waals surface area contributed by atoms with Gasteiger partial charge in [0.15, 0.2) is 11.5 Å². The molecule has 12 heteroatoms. The number of methoxy groups -OCH3 is 2. The molecule has 0 saturated carbocycles. The first-order valence-corrected chi connectivity index (χ1v) is 12.1. The third-order valence-corrected chi connectivity index (χ3v) is 7.07. The van der Waals surface area contributed by atoms with Crippen molar-refractivity contribution < 1.29 is 59.4 Å². The molecule has 0 spiro atoms. The van der Waals surface area contributed by atoms with Crippen molar-refractivity contribution in [1.29, 1.82) is 0 Å². The largest absolute Gasteiger partial charge is 0.508 e. The molecule has 4 rings (SSSR count). The fourth-order valence-corrected chi connectivity index (χ4v) is 4.98. The molecular formula is C26H34O12. The van der Waals surface area contributed by atoms with Gasteiger partial charge in [0, 0.05) is 18.4 Å². The van der Waals surface area contributed by atoms with Crippen LogP contribution in [0.2, 0.25) is 0 Å². The predicted molar refractivity (Wildman–Crippen MR) is 130 cm³/mol. The van der Waals surface area contributed by atoms with Crippen molar-refractivity contribution >= 4 is 0 Å². The number of phenols is 1. The molecule has 0 bridgehead atoms. The molecule has 0 amide bonds. The van der Waals surface area contributed by atoms with Gasteiger partial charge in [-0.2, -0.15) is 0 Å². The quantitative estimate of drug-likeness (QED) is 0.212. The molecular weight excluding hydrogens is 504 g/mol. The number of phenolic OH excluding ortho intramolecular Hbond substituents is 1. The Labute approximate surface area is 219 Å². The maximum absolute atomic E-state index is 11.4. The first kappa shape index (κ1) is 28.3. The van der Waals surface area contributed by atoms with E-state index in [1.54, 1.807) is 18.2 Å². The van der Waals surface area contributed by atoms with Crippen molar-refractivity contribution in [1.82, 2.24) is 0 Å². The summed E-state index contributed by atoms with van der Waals surface area (Å²) in [5.41, 5.74) is -0.267. The first-order valence-electron chi connectivity index (χ1n) is 12.1. The van der Waals surface area contributed by atoms with Crippen molar-refractivity contribution in [2.45, 2.75) is 48.8 Å². The van der Waals surface area contributed by atoms with E-state index in [9.17, 15) is 35.7 Å². The molecule has 2 heterocycles. The highest BCUT2D eigenvalue weighted by molar-refractivity contribution is 5.44. The molecule has 0 aromatic heterocycles. The molecule has 2 aliphatic rings. The highest BCUT2D eigenvalue weighted by atomic mass is 16.7. The van der Waals surface area contributed by atoms with Crippen molar-refractivity contribution in [2.24, 2.45) is 5.92 Å². The molecule has 2 aliphatic heterocycles. The summed E-state index contributed by atoms with van der Waals surface area (Å²) in [4.78, 5) is 0. The summed E-state index contributed by atoms with van der Waals surface area (Å²) in [5, 5.41) is 71.3. The van der Waals surface area contributed by atoms with Gasteiger partial charge in [0.2, 0.25) is 6.29 Å². The van der Waals surface area contributed by atoms with Crippen LogP contribution in [0.1, 0.15) is 17.2 Å². The highest BCUT2D eigenvalue weighted by Crippen LogP contribution is 2.45. The molecule has 2 saturated heterocycles. The molecule has 38 heavy (non-hydrogen) atoms. The van der Waals surface area contributed by atoms with Gasteiger partial charge in [-0.05, 0) is 35.4 Å². The van der Waals surface area contributed by atoms with Crippen LogP contribution in [0.25, 0.3) is 0 Å². The lowest BCUT2D eigenvalue weighted by molar-refractivity contribution is -0.277. The van der Waals surface area contributed by atoms with Gasteiger partial charge in [0.1, 0.15) is 35.9 Å². The number of aliphatic hydroxyl groups is 6. The van der Waals surface area contributed by atoms with Gasteiger partial charge in [0.25, 0.3) is 0 Å². The normalized spacial score (nSPS) is 33.2.